The number of hydrogen-bond donors (Lipinski definition) is 2. The fraction of sp³-hybridized carbons (Fsp3) is 0.300. The van der Waals surface area contributed by atoms with Crippen molar-refractivity contribution in [3.63, 3.8) is 0 Å². The zero-order chi connectivity index (χ0) is 20.8. The van der Waals surface area contributed by atoms with Crippen molar-refractivity contribution in [1.82, 2.24) is 15.2 Å². The number of hydrogen-bond acceptors (Lipinski definition) is 9. The Hall–Kier alpha value is -3.66. The number of morpholine rings is 1. The van der Waals surface area contributed by atoms with Crippen LogP contribution in [0.3, 0.4) is 0 Å². The Balaban J connectivity index is 1.36. The van der Waals surface area contributed by atoms with E-state index in [1.807, 2.05) is 31.2 Å². The highest BCUT2D eigenvalue weighted by atomic mass is 16.5. The van der Waals surface area contributed by atoms with Gasteiger partial charge in [-0.25, -0.2) is 4.98 Å². The lowest BCUT2D eigenvalue weighted by Crippen LogP contribution is -2.36. The third kappa shape index (κ3) is 4.84. The molecule has 2 aromatic heterocycles. The molecule has 0 aliphatic carbocycles. The van der Waals surface area contributed by atoms with Crippen molar-refractivity contribution < 1.29 is 18.7 Å². The molecule has 2 N–H and O–H groups in total. The number of pyridine rings is 1. The first-order valence-corrected chi connectivity index (χ1v) is 9.65. The average molecular weight is 410 g/mol. The maximum absolute atomic E-state index is 12.4. The van der Waals surface area contributed by atoms with E-state index in [9.17, 15) is 4.79 Å². The summed E-state index contributed by atoms with van der Waals surface area (Å²) in [7, 11) is 0. The first kappa shape index (κ1) is 19.6. The van der Waals surface area contributed by atoms with E-state index in [2.05, 4.69) is 30.7 Å². The highest BCUT2D eigenvalue weighted by Crippen LogP contribution is 2.21. The summed E-state index contributed by atoms with van der Waals surface area (Å²) >= 11 is 0. The number of benzene rings is 1. The van der Waals surface area contributed by atoms with Gasteiger partial charge in [-0.05, 0) is 31.2 Å². The molecule has 10 nitrogen and oxygen atoms in total. The van der Waals surface area contributed by atoms with E-state index in [-0.39, 0.29) is 11.9 Å². The number of amides is 1. The Bertz CT molecular complexity index is 985. The van der Waals surface area contributed by atoms with Crippen molar-refractivity contribution >= 4 is 29.1 Å². The van der Waals surface area contributed by atoms with Gasteiger partial charge in [0.15, 0.2) is 0 Å². The van der Waals surface area contributed by atoms with Gasteiger partial charge in [0, 0.05) is 24.8 Å². The molecule has 1 aromatic carbocycles. The van der Waals surface area contributed by atoms with E-state index >= 15 is 0 Å². The van der Waals surface area contributed by atoms with Gasteiger partial charge in [0.05, 0.1) is 31.7 Å². The molecule has 0 bridgehead atoms. The van der Waals surface area contributed by atoms with Crippen LogP contribution in [-0.4, -0.2) is 54.0 Å². The van der Waals surface area contributed by atoms with Gasteiger partial charge in [0.1, 0.15) is 11.6 Å². The van der Waals surface area contributed by atoms with Gasteiger partial charge in [-0.15, -0.1) is 5.10 Å². The molecule has 3 aromatic rings. The molecule has 4 rings (SSSR count). The second kappa shape index (κ2) is 9.23. The normalized spacial score (nSPS) is 13.7. The second-order valence-corrected chi connectivity index (χ2v) is 6.46. The molecule has 10 heteroatoms. The summed E-state index contributed by atoms with van der Waals surface area (Å²) in [4.78, 5) is 18.9. The molecule has 0 radical (unpaired) electrons. The first-order chi connectivity index (χ1) is 14.7. The molecule has 0 unspecified atom stereocenters. The molecule has 1 fully saturated rings. The Morgan fingerprint density at radius 1 is 1.17 bits per heavy atom. The molecular formula is C20H22N6O4. The predicted molar refractivity (Wildman–Crippen MR) is 110 cm³/mol. The summed E-state index contributed by atoms with van der Waals surface area (Å²) < 4.78 is 16.2. The highest BCUT2D eigenvalue weighted by Gasteiger charge is 2.17. The van der Waals surface area contributed by atoms with Crippen LogP contribution in [0.25, 0.3) is 0 Å². The van der Waals surface area contributed by atoms with E-state index in [1.165, 1.54) is 0 Å². The van der Waals surface area contributed by atoms with Gasteiger partial charge in [-0.1, -0.05) is 11.2 Å². The zero-order valence-electron chi connectivity index (χ0n) is 16.5. The summed E-state index contributed by atoms with van der Waals surface area (Å²) in [6.07, 6.45) is 1.59. The molecule has 3 heterocycles. The Labute approximate surface area is 173 Å². The summed E-state index contributed by atoms with van der Waals surface area (Å²) in [6, 6.07) is 11.1. The zero-order valence-corrected chi connectivity index (χ0v) is 16.5. The molecule has 0 atom stereocenters. The minimum atomic E-state index is -0.514. The molecular weight excluding hydrogens is 388 g/mol. The fourth-order valence-corrected chi connectivity index (χ4v) is 2.94. The number of carbonyl (C=O) groups excluding carboxylic acids is 1. The fourth-order valence-electron chi connectivity index (χ4n) is 2.94. The molecule has 0 spiro atoms. The van der Waals surface area contributed by atoms with Gasteiger partial charge in [0.2, 0.25) is 0 Å². The Morgan fingerprint density at radius 2 is 2.03 bits per heavy atom. The second-order valence-electron chi connectivity index (χ2n) is 6.46. The third-order valence-corrected chi connectivity index (χ3v) is 4.36. The van der Waals surface area contributed by atoms with Crippen molar-refractivity contribution in [1.29, 1.82) is 0 Å². The van der Waals surface area contributed by atoms with Crippen LogP contribution in [-0.2, 0) is 4.74 Å². The van der Waals surface area contributed by atoms with Crippen molar-refractivity contribution in [3.05, 3.63) is 48.5 Å². The number of aromatic nitrogens is 3. The standard InChI is InChI=1S/C20H22N6O4/c1-2-29-16-5-3-4-14(12-16)23-20-25-24-19(30-20)18(27)22-15-6-7-17(21-13-15)26-8-10-28-11-9-26/h3-7,12-13H,2,8-11H2,1H3,(H,22,27)(H,23,25). The number of nitrogens with zero attached hydrogens (tertiary/aromatic N) is 4. The molecule has 1 amide bonds. The monoisotopic (exact) mass is 410 g/mol. The largest absolute Gasteiger partial charge is 0.494 e. The topological polar surface area (TPSA) is 115 Å². The summed E-state index contributed by atoms with van der Waals surface area (Å²) in [5.74, 6) is 0.887. The summed E-state index contributed by atoms with van der Waals surface area (Å²) in [6.45, 7) is 5.44. The molecule has 30 heavy (non-hydrogen) atoms. The molecule has 1 aliphatic heterocycles. The number of anilines is 4. The first-order valence-electron chi connectivity index (χ1n) is 9.65. The van der Waals surface area contributed by atoms with Gasteiger partial charge in [-0.3, -0.25) is 4.79 Å². The van der Waals surface area contributed by atoms with Crippen LogP contribution in [0.5, 0.6) is 5.75 Å². The van der Waals surface area contributed by atoms with Gasteiger partial charge >= 0.3 is 17.8 Å². The van der Waals surface area contributed by atoms with E-state index < -0.39 is 5.91 Å². The maximum Gasteiger partial charge on any atom is 0.320 e. The van der Waals surface area contributed by atoms with Gasteiger partial charge in [0.25, 0.3) is 0 Å². The number of carbonyl (C=O) groups is 1. The Kier molecular flexibility index (Phi) is 6.04. The molecule has 1 aliphatic rings. The average Bonchev–Trinajstić information content (AvgIpc) is 3.24. The summed E-state index contributed by atoms with van der Waals surface area (Å²) in [5, 5.41) is 13.3. The maximum atomic E-state index is 12.4. The van der Waals surface area contributed by atoms with Crippen LogP contribution < -0.4 is 20.3 Å². The van der Waals surface area contributed by atoms with Crippen molar-refractivity contribution in [3.8, 4) is 5.75 Å². The predicted octanol–water partition coefficient (Wildman–Crippen LogP) is 2.70. The quantitative estimate of drug-likeness (QED) is 0.606. The number of rotatable bonds is 7. The van der Waals surface area contributed by atoms with Crippen LogP contribution in [0.2, 0.25) is 0 Å². The molecule has 156 valence electrons. The van der Waals surface area contributed by atoms with E-state index in [0.29, 0.717) is 36.9 Å². The van der Waals surface area contributed by atoms with Gasteiger partial charge in [-0.2, -0.15) is 0 Å². The van der Waals surface area contributed by atoms with Crippen molar-refractivity contribution in [2.45, 2.75) is 6.92 Å². The minimum absolute atomic E-state index is 0.106. The molecule has 0 saturated carbocycles. The van der Waals surface area contributed by atoms with E-state index in [4.69, 9.17) is 13.9 Å². The lowest BCUT2D eigenvalue weighted by molar-refractivity contribution is 0.0991. The SMILES string of the molecule is CCOc1cccc(Nc2nnc(C(=O)Nc3ccc(N4CCOCC4)nc3)o2)c1. The summed E-state index contributed by atoms with van der Waals surface area (Å²) in [5.41, 5.74) is 1.24. The smallest absolute Gasteiger partial charge is 0.320 e. The van der Waals surface area contributed by atoms with Crippen LogP contribution in [0.4, 0.5) is 23.2 Å². The van der Waals surface area contributed by atoms with E-state index in [1.54, 1.807) is 18.3 Å². The highest BCUT2D eigenvalue weighted by molar-refractivity contribution is 6.00. The van der Waals surface area contributed by atoms with Crippen molar-refractivity contribution in [2.75, 3.05) is 48.4 Å². The lowest BCUT2D eigenvalue weighted by Gasteiger charge is -2.27. The van der Waals surface area contributed by atoms with E-state index in [0.717, 1.165) is 18.9 Å². The number of ether oxygens (including phenoxy) is 2. The molecule has 1 saturated heterocycles. The van der Waals surface area contributed by atoms with Crippen molar-refractivity contribution in [2.24, 2.45) is 0 Å². The van der Waals surface area contributed by atoms with Crippen LogP contribution in [0, 0.1) is 0 Å². The Morgan fingerprint density at radius 3 is 2.80 bits per heavy atom. The van der Waals surface area contributed by atoms with Crippen LogP contribution >= 0.6 is 0 Å². The minimum Gasteiger partial charge on any atom is -0.494 e. The third-order valence-electron chi connectivity index (χ3n) is 4.36. The van der Waals surface area contributed by atoms with Crippen LogP contribution in [0.15, 0.2) is 47.0 Å². The number of nitrogens with one attached hydrogen (secondary N) is 2. The van der Waals surface area contributed by atoms with Gasteiger partial charge < -0.3 is 29.4 Å². The van der Waals surface area contributed by atoms with Crippen LogP contribution in [0.1, 0.15) is 17.6 Å². The lowest BCUT2D eigenvalue weighted by atomic mass is 10.3.